The van der Waals surface area contributed by atoms with Gasteiger partial charge < -0.3 is 31.6 Å². The lowest BCUT2D eigenvalue weighted by Crippen LogP contribution is -3.00. The number of nitrogens with zero attached hydrogens (tertiary/aromatic N) is 1. The lowest BCUT2D eigenvalue weighted by atomic mass is 10.1. The number of halogens is 1. The highest BCUT2D eigenvalue weighted by atomic mass is 79.9. The summed E-state index contributed by atoms with van der Waals surface area (Å²) in [6.45, 7) is 0.148. The third-order valence-corrected chi connectivity index (χ3v) is 3.13. The molecular formula is C16H18BrNO4. The minimum absolute atomic E-state index is 0. The van der Waals surface area contributed by atoms with Gasteiger partial charge >= 0.3 is 0 Å². The van der Waals surface area contributed by atoms with Crippen LogP contribution in [0.3, 0.4) is 0 Å². The van der Waals surface area contributed by atoms with Gasteiger partial charge in [-0.05, 0) is 24.3 Å². The second-order valence-corrected chi connectivity index (χ2v) is 4.54. The van der Waals surface area contributed by atoms with Crippen molar-refractivity contribution in [3.05, 3.63) is 53.9 Å². The second-order valence-electron chi connectivity index (χ2n) is 4.54. The van der Waals surface area contributed by atoms with Gasteiger partial charge in [0.15, 0.2) is 23.9 Å². The van der Waals surface area contributed by atoms with Crippen molar-refractivity contribution in [1.82, 2.24) is 0 Å². The van der Waals surface area contributed by atoms with Gasteiger partial charge in [0.1, 0.15) is 0 Å². The quantitative estimate of drug-likeness (QED) is 0.492. The minimum atomic E-state index is -0.0502. The smallest absolute Gasteiger partial charge is 0.227 e. The van der Waals surface area contributed by atoms with Gasteiger partial charge in [0.05, 0.1) is 20.8 Å². The Kier molecular flexibility index (Phi) is 7.01. The van der Waals surface area contributed by atoms with Gasteiger partial charge in [0, 0.05) is 17.2 Å². The molecule has 1 heterocycles. The van der Waals surface area contributed by atoms with Crippen LogP contribution in [0.25, 0.3) is 0 Å². The molecule has 0 aliphatic carbocycles. The van der Waals surface area contributed by atoms with E-state index in [4.69, 9.17) is 14.6 Å². The van der Waals surface area contributed by atoms with Crippen LogP contribution in [0.4, 0.5) is 0 Å². The molecule has 118 valence electrons. The van der Waals surface area contributed by atoms with Crippen LogP contribution in [0, 0.1) is 0 Å². The zero-order valence-corrected chi connectivity index (χ0v) is 14.0. The van der Waals surface area contributed by atoms with Crippen LogP contribution in [0.2, 0.25) is 0 Å². The van der Waals surface area contributed by atoms with E-state index in [0.29, 0.717) is 17.1 Å². The predicted octanol–water partition coefficient (Wildman–Crippen LogP) is -1.63. The monoisotopic (exact) mass is 367 g/mol. The summed E-state index contributed by atoms with van der Waals surface area (Å²) in [7, 11) is 3.08. The van der Waals surface area contributed by atoms with E-state index in [1.165, 1.54) is 7.11 Å². The lowest BCUT2D eigenvalue weighted by molar-refractivity contribution is -0.683. The Morgan fingerprint density at radius 2 is 1.91 bits per heavy atom. The molecule has 2 aromatic rings. The van der Waals surface area contributed by atoms with E-state index in [1.54, 1.807) is 54.4 Å². The number of hydrogen-bond acceptors (Lipinski definition) is 4. The summed E-state index contributed by atoms with van der Waals surface area (Å²) in [6, 6.07) is 8.68. The van der Waals surface area contributed by atoms with Crippen LogP contribution in [0.15, 0.2) is 42.7 Å². The van der Waals surface area contributed by atoms with Crippen molar-refractivity contribution in [2.45, 2.75) is 13.2 Å². The van der Waals surface area contributed by atoms with E-state index in [0.717, 1.165) is 5.56 Å². The van der Waals surface area contributed by atoms with E-state index in [-0.39, 0.29) is 35.9 Å². The topological polar surface area (TPSA) is 59.6 Å². The maximum atomic E-state index is 12.3. The Hall–Kier alpha value is -1.92. The number of ketones is 1. The summed E-state index contributed by atoms with van der Waals surface area (Å²) < 4.78 is 12.1. The predicted molar refractivity (Wildman–Crippen MR) is 76.4 cm³/mol. The first-order valence-corrected chi connectivity index (χ1v) is 6.52. The third-order valence-electron chi connectivity index (χ3n) is 3.13. The number of aliphatic hydroxyl groups excluding tert-OH is 1. The second kappa shape index (κ2) is 8.51. The highest BCUT2D eigenvalue weighted by Gasteiger charge is 2.15. The molecule has 0 aliphatic rings. The Labute approximate surface area is 139 Å². The summed E-state index contributed by atoms with van der Waals surface area (Å²) >= 11 is 0. The first-order chi connectivity index (χ1) is 10.2. The number of pyridine rings is 1. The Balaban J connectivity index is 0.00000242. The van der Waals surface area contributed by atoms with Crippen LogP contribution in [0.1, 0.15) is 15.9 Å². The molecule has 0 unspecified atom stereocenters. The maximum Gasteiger partial charge on any atom is 0.227 e. The average molecular weight is 368 g/mol. The molecule has 1 aromatic heterocycles. The number of carbonyl (C=O) groups is 1. The zero-order chi connectivity index (χ0) is 15.2. The molecule has 22 heavy (non-hydrogen) atoms. The first-order valence-electron chi connectivity index (χ1n) is 6.52. The third kappa shape index (κ3) is 4.29. The Morgan fingerprint density at radius 1 is 1.18 bits per heavy atom. The van der Waals surface area contributed by atoms with Crippen molar-refractivity contribution in [3.8, 4) is 11.5 Å². The molecule has 2 rings (SSSR count). The van der Waals surface area contributed by atoms with Gasteiger partial charge in [0.25, 0.3) is 0 Å². The molecular weight excluding hydrogens is 350 g/mol. The molecule has 0 radical (unpaired) electrons. The lowest BCUT2D eigenvalue weighted by Gasteiger charge is -2.08. The van der Waals surface area contributed by atoms with Crippen molar-refractivity contribution >= 4 is 5.78 Å². The highest BCUT2D eigenvalue weighted by Crippen LogP contribution is 2.27. The van der Waals surface area contributed by atoms with Crippen LogP contribution < -0.4 is 31.0 Å². The number of benzene rings is 1. The van der Waals surface area contributed by atoms with E-state index >= 15 is 0 Å². The summed E-state index contributed by atoms with van der Waals surface area (Å²) in [4.78, 5) is 12.3. The molecule has 5 nitrogen and oxygen atoms in total. The molecule has 0 bridgehead atoms. The van der Waals surface area contributed by atoms with Crippen LogP contribution in [-0.2, 0) is 13.2 Å². The fraction of sp³-hybridized carbons (Fsp3) is 0.250. The van der Waals surface area contributed by atoms with E-state index in [1.807, 2.05) is 0 Å². The number of Topliss-reactive ketones (excluding diaryl/α,β-unsaturated/α-hetero) is 1. The zero-order valence-electron chi connectivity index (χ0n) is 12.5. The number of carbonyl (C=O) groups excluding carboxylic acids is 1. The van der Waals surface area contributed by atoms with Gasteiger partial charge in [-0.25, -0.2) is 0 Å². The minimum Gasteiger partial charge on any atom is -1.00 e. The molecule has 1 N–H and O–H groups in total. The van der Waals surface area contributed by atoms with Crippen molar-refractivity contribution in [2.24, 2.45) is 0 Å². The van der Waals surface area contributed by atoms with Gasteiger partial charge in [0.2, 0.25) is 12.3 Å². The highest BCUT2D eigenvalue weighted by molar-refractivity contribution is 5.95. The molecule has 0 spiro atoms. The van der Waals surface area contributed by atoms with Gasteiger partial charge in [-0.2, -0.15) is 4.57 Å². The number of rotatable bonds is 6. The van der Waals surface area contributed by atoms with Gasteiger partial charge in [-0.3, -0.25) is 4.79 Å². The Morgan fingerprint density at radius 3 is 2.55 bits per heavy atom. The van der Waals surface area contributed by atoms with Gasteiger partial charge in [-0.15, -0.1) is 0 Å². The maximum absolute atomic E-state index is 12.3. The van der Waals surface area contributed by atoms with Crippen LogP contribution in [-0.4, -0.2) is 25.1 Å². The van der Waals surface area contributed by atoms with Crippen LogP contribution >= 0.6 is 0 Å². The van der Waals surface area contributed by atoms with Crippen molar-refractivity contribution in [2.75, 3.05) is 14.2 Å². The largest absolute Gasteiger partial charge is 1.00 e. The fourth-order valence-corrected chi connectivity index (χ4v) is 2.03. The molecule has 0 atom stereocenters. The van der Waals surface area contributed by atoms with Crippen molar-refractivity contribution in [3.63, 3.8) is 0 Å². The molecule has 0 saturated carbocycles. The van der Waals surface area contributed by atoms with E-state index in [9.17, 15) is 4.79 Å². The number of aliphatic hydroxyl groups is 1. The number of hydrogen-bond donors (Lipinski definition) is 1. The average Bonchev–Trinajstić information content (AvgIpc) is 2.54. The normalized spacial score (nSPS) is 9.77. The first kappa shape index (κ1) is 18.1. The Bertz CT molecular complexity index is 646. The summed E-state index contributed by atoms with van der Waals surface area (Å²) in [6.07, 6.45) is 3.54. The molecule has 0 saturated heterocycles. The van der Waals surface area contributed by atoms with Crippen molar-refractivity contribution in [1.29, 1.82) is 0 Å². The summed E-state index contributed by atoms with van der Waals surface area (Å²) in [5.41, 5.74) is 1.31. The number of methoxy groups -OCH3 is 2. The number of aromatic nitrogens is 1. The van der Waals surface area contributed by atoms with Crippen molar-refractivity contribution < 1.29 is 40.9 Å². The standard InChI is InChI=1S/C16H18NO4.BrH/c1-20-15-6-5-13(8-16(15)21-2)14(19)10-17-7-3-4-12(9-17)11-18;/h3-9,18H,10-11H2,1-2H3;1H/q+1;/p-1. The molecule has 6 heteroatoms. The summed E-state index contributed by atoms with van der Waals surface area (Å²) in [5, 5.41) is 9.11. The summed E-state index contributed by atoms with van der Waals surface area (Å²) in [5.74, 6) is 1.07. The van der Waals surface area contributed by atoms with Crippen LogP contribution in [0.5, 0.6) is 11.5 Å². The van der Waals surface area contributed by atoms with Gasteiger partial charge in [-0.1, -0.05) is 0 Å². The number of ether oxygens (including phenoxy) is 2. The van der Waals surface area contributed by atoms with E-state index in [2.05, 4.69) is 0 Å². The molecule has 0 aliphatic heterocycles. The fourth-order valence-electron chi connectivity index (χ4n) is 2.03. The molecule has 1 aromatic carbocycles. The molecule has 0 amide bonds. The SMILES string of the molecule is COc1ccc(C(=O)C[n+]2cccc(CO)c2)cc1OC.[Br-]. The van der Waals surface area contributed by atoms with E-state index < -0.39 is 0 Å². The molecule has 0 fully saturated rings.